The summed E-state index contributed by atoms with van der Waals surface area (Å²) in [7, 11) is 1.94. The third-order valence-electron chi connectivity index (χ3n) is 5.69. The summed E-state index contributed by atoms with van der Waals surface area (Å²) in [5.41, 5.74) is 3.80. The number of carbonyl (C=O) groups is 2. The van der Waals surface area contributed by atoms with E-state index in [9.17, 15) is 14.0 Å². The zero-order chi connectivity index (χ0) is 25.6. The number of halogens is 1. The Balaban J connectivity index is 0.000000247. The molecule has 0 spiro atoms. The SMILES string of the molecule is CC[C@H](CC1=CCC=C(C)C(C=O)=C1)C(=O)O.CNCCc1ccc(Oc2ccc(F)cc2)cc1. The lowest BCUT2D eigenvalue weighted by molar-refractivity contribution is -0.141. The Labute approximate surface area is 207 Å². The largest absolute Gasteiger partial charge is 0.481 e. The molecule has 0 aliphatic heterocycles. The summed E-state index contributed by atoms with van der Waals surface area (Å²) in [6.45, 7) is 4.72. The molecule has 0 amide bonds. The van der Waals surface area contributed by atoms with E-state index in [0.717, 1.165) is 42.6 Å². The van der Waals surface area contributed by atoms with Crippen molar-refractivity contribution < 1.29 is 23.8 Å². The van der Waals surface area contributed by atoms with Gasteiger partial charge in [-0.05, 0) is 99.8 Å². The van der Waals surface area contributed by atoms with E-state index in [0.29, 0.717) is 24.2 Å². The normalized spacial score (nSPS) is 13.8. The van der Waals surface area contributed by atoms with Crippen LogP contribution in [-0.2, 0) is 16.0 Å². The summed E-state index contributed by atoms with van der Waals surface area (Å²) in [5.74, 6) is -0.00820. The number of nitrogens with one attached hydrogen (secondary N) is 1. The van der Waals surface area contributed by atoms with E-state index in [1.54, 1.807) is 18.2 Å². The molecule has 1 aliphatic rings. The van der Waals surface area contributed by atoms with Crippen molar-refractivity contribution in [3.63, 3.8) is 0 Å². The molecule has 35 heavy (non-hydrogen) atoms. The molecule has 0 aromatic heterocycles. The van der Waals surface area contributed by atoms with Gasteiger partial charge in [0.1, 0.15) is 23.6 Å². The van der Waals surface area contributed by atoms with Gasteiger partial charge in [-0.2, -0.15) is 0 Å². The fourth-order valence-electron chi connectivity index (χ4n) is 3.47. The van der Waals surface area contributed by atoms with E-state index < -0.39 is 5.97 Å². The highest BCUT2D eigenvalue weighted by molar-refractivity contribution is 5.81. The lowest BCUT2D eigenvalue weighted by Gasteiger charge is -2.10. The molecule has 1 aliphatic carbocycles. The van der Waals surface area contributed by atoms with Crippen LogP contribution in [0.25, 0.3) is 0 Å². The average molecular weight is 480 g/mol. The van der Waals surface area contributed by atoms with Crippen LogP contribution in [0.1, 0.15) is 38.7 Å². The Morgan fingerprint density at radius 2 is 1.74 bits per heavy atom. The van der Waals surface area contributed by atoms with Gasteiger partial charge in [0.15, 0.2) is 0 Å². The van der Waals surface area contributed by atoms with Crippen LogP contribution >= 0.6 is 0 Å². The van der Waals surface area contributed by atoms with Gasteiger partial charge in [0.2, 0.25) is 0 Å². The van der Waals surface area contributed by atoms with Crippen molar-refractivity contribution in [1.82, 2.24) is 5.32 Å². The maximum absolute atomic E-state index is 12.7. The molecule has 3 rings (SSSR count). The standard InChI is InChI=1S/C15H16FNO.C14H18O3/c1-17-11-10-12-2-6-14(7-3-12)18-15-8-4-13(16)5-9-15;1-3-12(14(16)17)7-11-6-4-5-10(2)13(8-11)9-15/h2-9,17H,10-11H2,1H3;5-6,8-9,12H,3-4,7H2,1-2H3,(H,16,17)/t;12-/m.1/s1. The van der Waals surface area contributed by atoms with E-state index in [1.807, 2.05) is 57.3 Å². The number of hydrogen-bond donors (Lipinski definition) is 2. The predicted molar refractivity (Wildman–Crippen MR) is 137 cm³/mol. The van der Waals surface area contributed by atoms with Crippen LogP contribution in [0.3, 0.4) is 0 Å². The molecule has 0 bridgehead atoms. The number of allylic oxidation sites excluding steroid dienone is 6. The number of hydrogen-bond acceptors (Lipinski definition) is 4. The highest BCUT2D eigenvalue weighted by Crippen LogP contribution is 2.23. The second-order valence-electron chi connectivity index (χ2n) is 8.32. The summed E-state index contributed by atoms with van der Waals surface area (Å²) >= 11 is 0. The fraction of sp³-hybridized carbons (Fsp3) is 0.310. The zero-order valence-corrected chi connectivity index (χ0v) is 20.6. The Morgan fingerprint density at radius 1 is 1.11 bits per heavy atom. The molecule has 2 aromatic rings. The monoisotopic (exact) mass is 479 g/mol. The van der Waals surface area contributed by atoms with Crippen LogP contribution in [0, 0.1) is 11.7 Å². The molecule has 0 radical (unpaired) electrons. The van der Waals surface area contributed by atoms with Gasteiger partial charge in [0, 0.05) is 5.57 Å². The third-order valence-corrected chi connectivity index (χ3v) is 5.69. The van der Waals surface area contributed by atoms with Gasteiger partial charge < -0.3 is 15.2 Å². The molecule has 2 aromatic carbocycles. The lowest BCUT2D eigenvalue weighted by atomic mass is 9.95. The summed E-state index contributed by atoms with van der Waals surface area (Å²) < 4.78 is 18.3. The quantitative estimate of drug-likeness (QED) is 0.393. The molecule has 6 heteroatoms. The molecular formula is C29H34FNO4. The van der Waals surface area contributed by atoms with Crippen LogP contribution in [0.5, 0.6) is 11.5 Å². The second-order valence-corrected chi connectivity index (χ2v) is 8.32. The number of carbonyl (C=O) groups excluding carboxylic acids is 1. The van der Waals surface area contributed by atoms with Crippen molar-refractivity contribution in [2.24, 2.45) is 5.92 Å². The molecule has 0 saturated carbocycles. The van der Waals surface area contributed by atoms with Crippen molar-refractivity contribution >= 4 is 12.3 Å². The fourth-order valence-corrected chi connectivity index (χ4v) is 3.47. The number of benzene rings is 2. The van der Waals surface area contributed by atoms with Crippen LogP contribution in [-0.4, -0.2) is 31.0 Å². The lowest BCUT2D eigenvalue weighted by Crippen LogP contribution is -2.13. The number of aldehydes is 1. The van der Waals surface area contributed by atoms with Crippen LogP contribution < -0.4 is 10.1 Å². The first-order valence-electron chi connectivity index (χ1n) is 11.8. The number of aliphatic carboxylic acids is 1. The van der Waals surface area contributed by atoms with Gasteiger partial charge in [-0.1, -0.05) is 36.8 Å². The van der Waals surface area contributed by atoms with Crippen molar-refractivity contribution in [3.8, 4) is 11.5 Å². The summed E-state index contributed by atoms with van der Waals surface area (Å²) in [5, 5.41) is 12.1. The summed E-state index contributed by atoms with van der Waals surface area (Å²) in [6.07, 6.45) is 9.44. The molecule has 2 N–H and O–H groups in total. The predicted octanol–water partition coefficient (Wildman–Crippen LogP) is 6.27. The number of ether oxygens (including phenoxy) is 1. The first-order valence-corrected chi connectivity index (χ1v) is 11.8. The van der Waals surface area contributed by atoms with Gasteiger partial charge in [0.05, 0.1) is 5.92 Å². The van der Waals surface area contributed by atoms with Crippen molar-refractivity contribution in [1.29, 1.82) is 0 Å². The molecule has 0 fully saturated rings. The zero-order valence-electron chi connectivity index (χ0n) is 20.6. The van der Waals surface area contributed by atoms with Gasteiger partial charge in [-0.15, -0.1) is 0 Å². The number of rotatable bonds is 10. The van der Waals surface area contributed by atoms with Crippen LogP contribution in [0.2, 0.25) is 0 Å². The van der Waals surface area contributed by atoms with E-state index >= 15 is 0 Å². The highest BCUT2D eigenvalue weighted by atomic mass is 19.1. The van der Waals surface area contributed by atoms with Crippen molar-refractivity contribution in [2.75, 3.05) is 13.6 Å². The maximum atomic E-state index is 12.7. The molecule has 0 unspecified atom stereocenters. The van der Waals surface area contributed by atoms with Gasteiger partial charge in [-0.25, -0.2) is 4.39 Å². The first kappa shape index (κ1) is 27.7. The van der Waals surface area contributed by atoms with Gasteiger partial charge in [-0.3, -0.25) is 9.59 Å². The van der Waals surface area contributed by atoms with E-state index in [-0.39, 0.29) is 11.7 Å². The average Bonchev–Trinajstić information content (AvgIpc) is 3.04. The van der Waals surface area contributed by atoms with E-state index in [2.05, 4.69) is 5.32 Å². The highest BCUT2D eigenvalue weighted by Gasteiger charge is 2.17. The third kappa shape index (κ3) is 9.71. The summed E-state index contributed by atoms with van der Waals surface area (Å²) in [4.78, 5) is 21.9. The number of likely N-dealkylation sites (N-methyl/N-ethyl adjacent to an activating group) is 1. The van der Waals surface area contributed by atoms with Gasteiger partial charge >= 0.3 is 5.97 Å². The van der Waals surface area contributed by atoms with E-state index in [4.69, 9.17) is 9.84 Å². The minimum Gasteiger partial charge on any atom is -0.481 e. The van der Waals surface area contributed by atoms with Crippen molar-refractivity contribution in [3.05, 3.63) is 94.9 Å². The Morgan fingerprint density at radius 3 is 2.29 bits per heavy atom. The molecule has 5 nitrogen and oxygen atoms in total. The molecular weight excluding hydrogens is 445 g/mol. The maximum Gasteiger partial charge on any atom is 0.306 e. The van der Waals surface area contributed by atoms with Crippen LogP contribution in [0.4, 0.5) is 4.39 Å². The topological polar surface area (TPSA) is 75.6 Å². The Bertz CT molecular complexity index is 1050. The Hall–Kier alpha value is -3.51. The summed E-state index contributed by atoms with van der Waals surface area (Å²) in [6, 6.07) is 13.9. The van der Waals surface area contributed by atoms with Crippen molar-refractivity contribution in [2.45, 2.75) is 39.5 Å². The van der Waals surface area contributed by atoms with E-state index in [1.165, 1.54) is 17.7 Å². The van der Waals surface area contributed by atoms with Crippen LogP contribution in [0.15, 0.2) is 83.5 Å². The van der Waals surface area contributed by atoms with Gasteiger partial charge in [0.25, 0.3) is 0 Å². The number of carboxylic acids is 1. The molecule has 1 atom stereocenters. The Kier molecular flexibility index (Phi) is 11.6. The molecule has 0 saturated heterocycles. The smallest absolute Gasteiger partial charge is 0.306 e. The minimum absolute atomic E-state index is 0.259. The molecule has 186 valence electrons. The minimum atomic E-state index is -0.775. The second kappa shape index (κ2) is 14.7. The number of carboxylic acid groups (broad SMARTS) is 1. The molecule has 0 heterocycles. The first-order chi connectivity index (χ1) is 16.9.